The van der Waals surface area contributed by atoms with E-state index in [0.717, 1.165) is 25.2 Å². The van der Waals surface area contributed by atoms with E-state index in [4.69, 9.17) is 11.6 Å². The molecule has 72 valence electrons. The zero-order valence-electron chi connectivity index (χ0n) is 8.25. The molecule has 2 N–H and O–H groups in total. The van der Waals surface area contributed by atoms with Crippen LogP contribution in [0.4, 0.5) is 0 Å². The Kier molecular flexibility index (Phi) is 3.32. The van der Waals surface area contributed by atoms with Crippen LogP contribution in [-0.2, 0) is 0 Å². The molecule has 0 aromatic carbocycles. The Morgan fingerprint density at radius 2 is 2.38 bits per heavy atom. The number of nitrogens with one attached hydrogen (secondary N) is 1. The summed E-state index contributed by atoms with van der Waals surface area (Å²) >= 11 is 0. The number of rotatable bonds is 1. The highest BCUT2D eigenvalue weighted by molar-refractivity contribution is 5.86. The summed E-state index contributed by atoms with van der Waals surface area (Å²) in [5.41, 5.74) is 0.910. The first-order valence-corrected chi connectivity index (χ1v) is 4.68. The molecule has 0 aliphatic carbocycles. The Morgan fingerprint density at radius 1 is 1.69 bits per heavy atom. The number of likely N-dealkylation sites (tertiary alicyclic amines) is 1. The van der Waals surface area contributed by atoms with E-state index >= 15 is 0 Å². The topological polar surface area (TPSA) is 37.0 Å². The fourth-order valence-corrected chi connectivity index (χ4v) is 1.89. The van der Waals surface area contributed by atoms with Crippen molar-refractivity contribution in [2.75, 3.05) is 13.1 Å². The summed E-state index contributed by atoms with van der Waals surface area (Å²) in [6, 6.07) is 0.471. The standard InChI is InChI=1S/C10H16N2O/c1-4-5-12-7-8(2)10(11-13)6-9(12)3/h1,8-9,13H,5-7H2,2-3H3/p+1/b11-10-/t8-,9+/m0/s1. The lowest BCUT2D eigenvalue weighted by atomic mass is 9.93. The van der Waals surface area contributed by atoms with Crippen molar-refractivity contribution in [3.63, 3.8) is 0 Å². The maximum Gasteiger partial charge on any atom is 0.139 e. The van der Waals surface area contributed by atoms with Gasteiger partial charge >= 0.3 is 0 Å². The van der Waals surface area contributed by atoms with E-state index in [2.05, 4.69) is 24.9 Å². The Morgan fingerprint density at radius 3 is 2.92 bits per heavy atom. The molecule has 1 rings (SSSR count). The molecule has 0 aromatic heterocycles. The molecule has 0 radical (unpaired) electrons. The normalized spacial score (nSPS) is 37.3. The summed E-state index contributed by atoms with van der Waals surface area (Å²) in [7, 11) is 0. The van der Waals surface area contributed by atoms with E-state index in [1.165, 1.54) is 4.90 Å². The van der Waals surface area contributed by atoms with Crippen LogP contribution in [0.2, 0.25) is 0 Å². The minimum atomic E-state index is 0.351. The Bertz CT molecular complexity index is 242. The zero-order chi connectivity index (χ0) is 9.84. The van der Waals surface area contributed by atoms with E-state index in [1.54, 1.807) is 0 Å². The number of quaternary nitrogens is 1. The lowest BCUT2D eigenvalue weighted by molar-refractivity contribution is -0.920. The van der Waals surface area contributed by atoms with Gasteiger partial charge in [0, 0.05) is 12.3 Å². The molecule has 0 spiro atoms. The molecule has 1 saturated heterocycles. The number of hydrogen-bond donors (Lipinski definition) is 2. The molecular weight excluding hydrogens is 164 g/mol. The molecule has 1 fully saturated rings. The maximum absolute atomic E-state index is 8.73. The second-order valence-corrected chi connectivity index (χ2v) is 3.84. The molecule has 0 saturated carbocycles. The van der Waals surface area contributed by atoms with Gasteiger partial charge in [0.15, 0.2) is 0 Å². The third kappa shape index (κ3) is 2.22. The lowest BCUT2D eigenvalue weighted by Crippen LogP contribution is -3.17. The second kappa shape index (κ2) is 4.29. The van der Waals surface area contributed by atoms with Crippen LogP contribution in [0.5, 0.6) is 0 Å². The predicted octanol–water partition coefficient (Wildman–Crippen LogP) is -0.237. The summed E-state index contributed by atoms with van der Waals surface area (Å²) in [5, 5.41) is 12.1. The van der Waals surface area contributed by atoms with Crippen LogP contribution in [0.1, 0.15) is 20.3 Å². The van der Waals surface area contributed by atoms with Crippen LogP contribution >= 0.6 is 0 Å². The summed E-state index contributed by atoms with van der Waals surface area (Å²) in [4.78, 5) is 1.42. The highest BCUT2D eigenvalue weighted by Gasteiger charge is 2.30. The SMILES string of the molecule is C#CC[NH+]1C[C@H](C)/C(=N\O)C[C@H]1C. The summed E-state index contributed by atoms with van der Waals surface area (Å²) in [6.07, 6.45) is 6.14. The largest absolute Gasteiger partial charge is 0.411 e. The Labute approximate surface area is 79.4 Å². The average molecular weight is 181 g/mol. The average Bonchev–Trinajstić information content (AvgIpc) is 2.11. The van der Waals surface area contributed by atoms with Crippen LogP contribution in [0.25, 0.3) is 0 Å². The van der Waals surface area contributed by atoms with Gasteiger partial charge in [0.1, 0.15) is 6.54 Å². The fraction of sp³-hybridized carbons (Fsp3) is 0.700. The van der Waals surface area contributed by atoms with Crippen molar-refractivity contribution in [1.82, 2.24) is 0 Å². The van der Waals surface area contributed by atoms with E-state index in [9.17, 15) is 0 Å². The molecule has 1 heterocycles. The smallest absolute Gasteiger partial charge is 0.139 e. The number of piperidine rings is 1. The maximum atomic E-state index is 8.73. The van der Waals surface area contributed by atoms with Gasteiger partial charge in [-0.15, -0.1) is 6.42 Å². The molecule has 1 aliphatic heterocycles. The van der Waals surface area contributed by atoms with Crippen molar-refractivity contribution in [2.24, 2.45) is 11.1 Å². The molecular formula is C10H17N2O+. The molecule has 13 heavy (non-hydrogen) atoms. The molecule has 0 amide bonds. The predicted molar refractivity (Wildman–Crippen MR) is 52.0 cm³/mol. The van der Waals surface area contributed by atoms with Crippen molar-refractivity contribution >= 4 is 5.71 Å². The van der Waals surface area contributed by atoms with Gasteiger partial charge in [0.25, 0.3) is 0 Å². The monoisotopic (exact) mass is 181 g/mol. The number of terminal acetylenes is 1. The van der Waals surface area contributed by atoms with Gasteiger partial charge in [0.2, 0.25) is 0 Å². The quantitative estimate of drug-likeness (QED) is 0.327. The lowest BCUT2D eigenvalue weighted by Gasteiger charge is -2.32. The minimum absolute atomic E-state index is 0.351. The number of nitrogens with zero attached hydrogens (tertiary/aromatic N) is 1. The third-order valence-electron chi connectivity index (χ3n) is 2.81. The zero-order valence-corrected chi connectivity index (χ0v) is 8.25. The number of hydrogen-bond acceptors (Lipinski definition) is 2. The van der Waals surface area contributed by atoms with Gasteiger partial charge in [-0.25, -0.2) is 0 Å². The van der Waals surface area contributed by atoms with Gasteiger partial charge in [0.05, 0.1) is 18.3 Å². The van der Waals surface area contributed by atoms with Crippen LogP contribution in [0, 0.1) is 18.3 Å². The van der Waals surface area contributed by atoms with Crippen LogP contribution < -0.4 is 4.90 Å². The molecule has 3 atom stereocenters. The fourth-order valence-electron chi connectivity index (χ4n) is 1.89. The summed E-state index contributed by atoms with van der Waals surface area (Å²) in [5.74, 6) is 3.03. The summed E-state index contributed by atoms with van der Waals surface area (Å²) < 4.78 is 0. The highest BCUT2D eigenvalue weighted by Crippen LogP contribution is 2.07. The third-order valence-corrected chi connectivity index (χ3v) is 2.81. The highest BCUT2D eigenvalue weighted by atomic mass is 16.4. The van der Waals surface area contributed by atoms with E-state index < -0.39 is 0 Å². The summed E-state index contributed by atoms with van der Waals surface area (Å²) in [6.45, 7) is 5.97. The van der Waals surface area contributed by atoms with Crippen LogP contribution in [-0.4, -0.2) is 30.1 Å². The first kappa shape index (κ1) is 10.1. The first-order chi connectivity index (χ1) is 6.19. The van der Waals surface area contributed by atoms with E-state index in [1.807, 2.05) is 0 Å². The van der Waals surface area contributed by atoms with Crippen LogP contribution in [0.15, 0.2) is 5.16 Å². The first-order valence-electron chi connectivity index (χ1n) is 4.68. The molecule has 0 aromatic rings. The van der Waals surface area contributed by atoms with Crippen molar-refractivity contribution in [1.29, 1.82) is 0 Å². The Hall–Kier alpha value is -1.01. The van der Waals surface area contributed by atoms with Gasteiger partial charge in [-0.3, -0.25) is 0 Å². The van der Waals surface area contributed by atoms with Crippen molar-refractivity contribution < 1.29 is 10.1 Å². The van der Waals surface area contributed by atoms with Crippen LogP contribution in [0.3, 0.4) is 0 Å². The molecule has 3 heteroatoms. The van der Waals surface area contributed by atoms with Gasteiger partial charge in [-0.2, -0.15) is 0 Å². The number of oxime groups is 1. The van der Waals surface area contributed by atoms with Crippen molar-refractivity contribution in [2.45, 2.75) is 26.3 Å². The molecule has 0 bridgehead atoms. The molecule has 1 unspecified atom stereocenters. The second-order valence-electron chi connectivity index (χ2n) is 3.84. The molecule has 1 aliphatic rings. The van der Waals surface area contributed by atoms with E-state index in [-0.39, 0.29) is 0 Å². The molecule has 3 nitrogen and oxygen atoms in total. The van der Waals surface area contributed by atoms with E-state index in [0.29, 0.717) is 12.0 Å². The Balaban J connectivity index is 2.62. The van der Waals surface area contributed by atoms with Crippen molar-refractivity contribution in [3.8, 4) is 12.3 Å². The minimum Gasteiger partial charge on any atom is -0.411 e. The van der Waals surface area contributed by atoms with Gasteiger partial charge < -0.3 is 10.1 Å². The van der Waals surface area contributed by atoms with Crippen molar-refractivity contribution in [3.05, 3.63) is 0 Å². The van der Waals surface area contributed by atoms with Gasteiger partial charge in [-0.05, 0) is 12.8 Å². The van der Waals surface area contributed by atoms with Gasteiger partial charge in [-0.1, -0.05) is 12.1 Å².